The lowest BCUT2D eigenvalue weighted by atomic mass is 10.3. The number of hydrogen-bond acceptors (Lipinski definition) is 8. The highest BCUT2D eigenvalue weighted by molar-refractivity contribution is 7.99. The van der Waals surface area contributed by atoms with E-state index in [4.69, 9.17) is 10.5 Å². The van der Waals surface area contributed by atoms with Crippen LogP contribution >= 0.6 is 23.1 Å². The average molecular weight is 428 g/mol. The molecule has 0 fully saturated rings. The predicted molar refractivity (Wildman–Crippen MR) is 105 cm³/mol. The maximum absolute atomic E-state index is 13.4. The first-order chi connectivity index (χ1) is 14.0. The number of rotatable bonds is 4. The van der Waals surface area contributed by atoms with Crippen LogP contribution in [-0.2, 0) is 0 Å². The Balaban J connectivity index is 1.46. The van der Waals surface area contributed by atoms with E-state index in [9.17, 15) is 8.78 Å². The minimum Gasteiger partial charge on any atom is -0.437 e. The Morgan fingerprint density at radius 1 is 1.00 bits per heavy atom. The lowest BCUT2D eigenvalue weighted by molar-refractivity contribution is 0.440. The molecule has 5 aromatic rings. The fourth-order valence-electron chi connectivity index (χ4n) is 2.67. The normalized spacial score (nSPS) is 11.4. The molecule has 0 radical (unpaired) electrons. The van der Waals surface area contributed by atoms with Crippen molar-refractivity contribution in [3.05, 3.63) is 60.2 Å². The molecule has 2 N–H and O–H groups in total. The Bertz CT molecular complexity index is 1350. The van der Waals surface area contributed by atoms with E-state index in [0.717, 1.165) is 33.3 Å². The summed E-state index contributed by atoms with van der Waals surface area (Å²) >= 11 is 2.76. The van der Waals surface area contributed by atoms with Gasteiger partial charge in [0.15, 0.2) is 10.8 Å². The van der Waals surface area contributed by atoms with Crippen molar-refractivity contribution in [1.29, 1.82) is 0 Å². The quantitative estimate of drug-likeness (QED) is 0.449. The summed E-state index contributed by atoms with van der Waals surface area (Å²) < 4.78 is 34.7. The summed E-state index contributed by atoms with van der Waals surface area (Å²) in [4.78, 5) is 5.15. The van der Waals surface area contributed by atoms with Gasteiger partial charge >= 0.3 is 0 Å². The molecular formula is C18H10F2N6OS2. The van der Waals surface area contributed by atoms with Gasteiger partial charge in [0.25, 0.3) is 0 Å². The molecule has 0 aliphatic rings. The van der Waals surface area contributed by atoms with Gasteiger partial charge in [-0.05, 0) is 36.0 Å². The Kier molecular flexibility index (Phi) is 4.25. The van der Waals surface area contributed by atoms with Gasteiger partial charge in [-0.1, -0.05) is 11.3 Å². The van der Waals surface area contributed by atoms with Gasteiger partial charge in [0.1, 0.15) is 17.4 Å². The highest BCUT2D eigenvalue weighted by Gasteiger charge is 2.12. The van der Waals surface area contributed by atoms with Gasteiger partial charge in [-0.3, -0.25) is 0 Å². The van der Waals surface area contributed by atoms with E-state index in [1.54, 1.807) is 12.1 Å². The molecule has 5 rings (SSSR count). The van der Waals surface area contributed by atoms with Gasteiger partial charge in [0.05, 0.1) is 10.2 Å². The monoisotopic (exact) mass is 428 g/mol. The van der Waals surface area contributed by atoms with Crippen LogP contribution in [0.1, 0.15) is 0 Å². The number of halogens is 2. The van der Waals surface area contributed by atoms with Gasteiger partial charge in [-0.2, -0.15) is 4.52 Å². The molecule has 0 spiro atoms. The maximum atomic E-state index is 13.4. The SMILES string of the molecule is Nc1nc2ccc(Sc3nnc4ccc(Oc5cc(F)cc(F)c5)nn34)cc2s1. The number of anilines is 1. The van der Waals surface area contributed by atoms with Gasteiger partial charge < -0.3 is 10.5 Å². The predicted octanol–water partition coefficient (Wildman–Crippen LogP) is 4.54. The van der Waals surface area contributed by atoms with Crippen LogP contribution < -0.4 is 10.5 Å². The van der Waals surface area contributed by atoms with Crippen molar-refractivity contribution in [3.63, 3.8) is 0 Å². The number of benzene rings is 2. The molecule has 144 valence electrons. The molecule has 0 aliphatic carbocycles. The Morgan fingerprint density at radius 2 is 1.83 bits per heavy atom. The van der Waals surface area contributed by atoms with Gasteiger partial charge in [-0.25, -0.2) is 13.8 Å². The molecule has 7 nitrogen and oxygen atoms in total. The van der Waals surface area contributed by atoms with E-state index in [1.165, 1.54) is 27.6 Å². The zero-order chi connectivity index (χ0) is 20.0. The van der Waals surface area contributed by atoms with E-state index in [0.29, 0.717) is 15.9 Å². The van der Waals surface area contributed by atoms with Crippen molar-refractivity contribution >= 4 is 44.1 Å². The molecule has 0 atom stereocenters. The van der Waals surface area contributed by atoms with Crippen molar-refractivity contribution in [2.75, 3.05) is 5.73 Å². The smallest absolute Gasteiger partial charge is 0.237 e. The molecule has 3 aromatic heterocycles. The topological polar surface area (TPSA) is 91.2 Å². The van der Waals surface area contributed by atoms with Crippen molar-refractivity contribution in [3.8, 4) is 11.6 Å². The summed E-state index contributed by atoms with van der Waals surface area (Å²) in [6, 6.07) is 11.9. The van der Waals surface area contributed by atoms with Crippen LogP contribution in [0.15, 0.2) is 58.6 Å². The Labute approximate surface area is 170 Å². The lowest BCUT2D eigenvalue weighted by Crippen LogP contribution is -1.97. The summed E-state index contributed by atoms with van der Waals surface area (Å²) in [5, 5.41) is 13.6. The second kappa shape index (κ2) is 6.94. The number of ether oxygens (including phenoxy) is 1. The number of hydrogen-bond donors (Lipinski definition) is 1. The fourth-order valence-corrected chi connectivity index (χ4v) is 4.34. The first kappa shape index (κ1) is 17.8. The van der Waals surface area contributed by atoms with E-state index in [1.807, 2.05) is 18.2 Å². The van der Waals surface area contributed by atoms with Gasteiger partial charge in [0, 0.05) is 29.2 Å². The molecule has 2 aromatic carbocycles. The number of aromatic nitrogens is 5. The third-order valence-corrected chi connectivity index (χ3v) is 5.63. The average Bonchev–Trinajstić information content (AvgIpc) is 3.23. The number of thiazole rings is 1. The van der Waals surface area contributed by atoms with Crippen molar-refractivity contribution in [2.45, 2.75) is 10.1 Å². The summed E-state index contributed by atoms with van der Waals surface area (Å²) in [7, 11) is 0. The third kappa shape index (κ3) is 3.57. The maximum Gasteiger partial charge on any atom is 0.237 e. The number of nitrogen functional groups attached to an aromatic ring is 1. The standard InChI is InChI=1S/C18H10F2N6OS2/c19-9-5-10(20)7-11(6-9)27-16-4-3-15-23-24-18(26(15)25-16)28-12-1-2-13-14(8-12)29-17(21)22-13/h1-8H,(H2,21,22). The van der Waals surface area contributed by atoms with Crippen LogP contribution in [-0.4, -0.2) is 24.8 Å². The summed E-state index contributed by atoms with van der Waals surface area (Å²) in [6.45, 7) is 0. The van der Waals surface area contributed by atoms with Crippen molar-refractivity contribution in [2.24, 2.45) is 0 Å². The molecule has 11 heteroatoms. The first-order valence-corrected chi connectivity index (χ1v) is 9.87. The highest BCUT2D eigenvalue weighted by atomic mass is 32.2. The van der Waals surface area contributed by atoms with E-state index in [2.05, 4.69) is 20.3 Å². The van der Waals surface area contributed by atoms with Crippen LogP contribution in [0.4, 0.5) is 13.9 Å². The van der Waals surface area contributed by atoms with Crippen molar-refractivity contribution < 1.29 is 13.5 Å². The Morgan fingerprint density at radius 3 is 2.66 bits per heavy atom. The third-order valence-electron chi connectivity index (χ3n) is 3.85. The number of nitrogens with zero attached hydrogens (tertiary/aromatic N) is 5. The minimum atomic E-state index is -0.735. The molecule has 0 amide bonds. The second-order valence-corrected chi connectivity index (χ2v) is 8.02. The molecule has 0 bridgehead atoms. The molecule has 0 saturated carbocycles. The van der Waals surface area contributed by atoms with E-state index in [-0.39, 0.29) is 11.6 Å². The largest absolute Gasteiger partial charge is 0.437 e. The summed E-state index contributed by atoms with van der Waals surface area (Å²) in [5.74, 6) is -1.32. The summed E-state index contributed by atoms with van der Waals surface area (Å²) in [6.07, 6.45) is 0. The van der Waals surface area contributed by atoms with Crippen LogP contribution in [0.2, 0.25) is 0 Å². The minimum absolute atomic E-state index is 0.00450. The molecule has 0 saturated heterocycles. The summed E-state index contributed by atoms with van der Waals surface area (Å²) in [5.41, 5.74) is 7.09. The fraction of sp³-hybridized carbons (Fsp3) is 0. The lowest BCUT2D eigenvalue weighted by Gasteiger charge is -2.06. The van der Waals surface area contributed by atoms with Crippen LogP contribution in [0.25, 0.3) is 15.9 Å². The van der Waals surface area contributed by atoms with Gasteiger partial charge in [-0.15, -0.1) is 15.3 Å². The van der Waals surface area contributed by atoms with E-state index < -0.39 is 11.6 Å². The zero-order valence-electron chi connectivity index (χ0n) is 14.4. The van der Waals surface area contributed by atoms with Gasteiger partial charge in [0.2, 0.25) is 11.0 Å². The molecular weight excluding hydrogens is 418 g/mol. The van der Waals surface area contributed by atoms with Crippen LogP contribution in [0.3, 0.4) is 0 Å². The number of nitrogens with two attached hydrogens (primary N) is 1. The molecule has 29 heavy (non-hydrogen) atoms. The number of fused-ring (bicyclic) bond motifs is 2. The zero-order valence-corrected chi connectivity index (χ0v) is 16.0. The molecule has 0 aliphatic heterocycles. The second-order valence-electron chi connectivity index (χ2n) is 5.92. The molecule has 0 unspecified atom stereocenters. The molecule has 3 heterocycles. The Hall–Kier alpha value is -3.31. The van der Waals surface area contributed by atoms with Crippen molar-refractivity contribution in [1.82, 2.24) is 24.8 Å². The van der Waals surface area contributed by atoms with E-state index >= 15 is 0 Å². The first-order valence-electron chi connectivity index (χ1n) is 8.24. The van der Waals surface area contributed by atoms with Crippen LogP contribution in [0, 0.1) is 11.6 Å². The highest BCUT2D eigenvalue weighted by Crippen LogP contribution is 2.32. The van der Waals surface area contributed by atoms with Crippen LogP contribution in [0.5, 0.6) is 11.6 Å².